The van der Waals surface area contributed by atoms with Gasteiger partial charge in [0, 0.05) is 39.9 Å². The fourth-order valence-corrected chi connectivity index (χ4v) is 2.45. The van der Waals surface area contributed by atoms with Gasteiger partial charge in [-0.3, -0.25) is 4.21 Å². The number of aliphatic hydroxyl groups is 1. The molecule has 0 heterocycles. The van der Waals surface area contributed by atoms with Crippen molar-refractivity contribution in [1.29, 1.82) is 0 Å². The largest absolute Gasteiger partial charge is 0.491 e. The predicted molar refractivity (Wildman–Crippen MR) is 82.1 cm³/mol. The topological polar surface area (TPSA) is 58.6 Å². The highest BCUT2D eigenvalue weighted by molar-refractivity contribution is 9.10. The molecule has 0 aliphatic rings. The Morgan fingerprint density at radius 1 is 1.53 bits per heavy atom. The molecule has 0 spiro atoms. The summed E-state index contributed by atoms with van der Waals surface area (Å²) in [5.74, 6) is 2.02. The van der Waals surface area contributed by atoms with Gasteiger partial charge in [-0.15, -0.1) is 0 Å². The van der Waals surface area contributed by atoms with E-state index in [1.165, 1.54) is 0 Å². The minimum absolute atomic E-state index is 0.236. The van der Waals surface area contributed by atoms with Gasteiger partial charge in [0.15, 0.2) is 0 Å². The van der Waals surface area contributed by atoms with Crippen LogP contribution in [0.1, 0.15) is 6.92 Å². The molecule has 2 atom stereocenters. The molecular weight excluding hydrogens is 330 g/mol. The number of ether oxygens (including phenoxy) is 1. The third-order valence-corrected chi connectivity index (χ3v) is 4.24. The van der Waals surface area contributed by atoms with E-state index in [2.05, 4.69) is 21.2 Å². The van der Waals surface area contributed by atoms with Crippen molar-refractivity contribution in [2.45, 2.75) is 13.0 Å². The summed E-state index contributed by atoms with van der Waals surface area (Å²) in [5, 5.41) is 12.8. The van der Waals surface area contributed by atoms with Crippen LogP contribution < -0.4 is 10.1 Å². The zero-order valence-corrected chi connectivity index (χ0v) is 13.4. The number of aliphatic hydroxyl groups excluding tert-OH is 1. The van der Waals surface area contributed by atoms with E-state index in [9.17, 15) is 9.32 Å². The van der Waals surface area contributed by atoms with Crippen LogP contribution in [-0.2, 0) is 10.8 Å². The molecule has 0 radical (unpaired) electrons. The zero-order chi connectivity index (χ0) is 14.1. The molecular formula is C13H20BrNO3S. The lowest BCUT2D eigenvalue weighted by atomic mass is 10.3. The molecule has 1 aromatic carbocycles. The van der Waals surface area contributed by atoms with Crippen LogP contribution in [0.3, 0.4) is 0 Å². The van der Waals surface area contributed by atoms with Gasteiger partial charge in [-0.05, 0) is 18.2 Å². The van der Waals surface area contributed by atoms with Crippen LogP contribution in [0, 0.1) is 0 Å². The Morgan fingerprint density at radius 3 is 3.00 bits per heavy atom. The van der Waals surface area contributed by atoms with E-state index in [0.29, 0.717) is 24.6 Å². The molecule has 0 aliphatic carbocycles. The van der Waals surface area contributed by atoms with Crippen molar-refractivity contribution in [3.8, 4) is 5.75 Å². The molecule has 0 aliphatic heterocycles. The van der Waals surface area contributed by atoms with Gasteiger partial charge in [0.05, 0.1) is 0 Å². The molecule has 19 heavy (non-hydrogen) atoms. The lowest BCUT2D eigenvalue weighted by molar-refractivity contribution is 0.107. The second-order valence-electron chi connectivity index (χ2n) is 4.06. The Balaban J connectivity index is 2.14. The van der Waals surface area contributed by atoms with Crippen molar-refractivity contribution in [3.05, 3.63) is 28.7 Å². The maximum absolute atomic E-state index is 11.2. The van der Waals surface area contributed by atoms with E-state index in [1.807, 2.05) is 31.2 Å². The van der Waals surface area contributed by atoms with Crippen LogP contribution in [0.5, 0.6) is 5.75 Å². The number of hydrogen-bond acceptors (Lipinski definition) is 4. The first-order valence-corrected chi connectivity index (χ1v) is 8.52. The molecule has 0 saturated carbocycles. The maximum Gasteiger partial charge on any atom is 0.120 e. The first-order valence-electron chi connectivity index (χ1n) is 6.24. The quantitative estimate of drug-likeness (QED) is 0.664. The molecule has 0 bridgehead atoms. The molecule has 4 nitrogen and oxygen atoms in total. The molecule has 0 amide bonds. The first-order chi connectivity index (χ1) is 9.11. The van der Waals surface area contributed by atoms with Gasteiger partial charge in [-0.1, -0.05) is 28.9 Å². The number of halogens is 1. The van der Waals surface area contributed by atoms with E-state index < -0.39 is 16.9 Å². The lowest BCUT2D eigenvalue weighted by Crippen LogP contribution is -2.33. The smallest absolute Gasteiger partial charge is 0.120 e. The monoisotopic (exact) mass is 349 g/mol. The van der Waals surface area contributed by atoms with Crippen molar-refractivity contribution in [1.82, 2.24) is 5.32 Å². The third kappa shape index (κ3) is 7.67. The minimum Gasteiger partial charge on any atom is -0.491 e. The fraction of sp³-hybridized carbons (Fsp3) is 0.538. The van der Waals surface area contributed by atoms with E-state index in [1.54, 1.807) is 0 Å². The van der Waals surface area contributed by atoms with Crippen molar-refractivity contribution >= 4 is 26.7 Å². The Kier molecular flexibility index (Phi) is 8.29. The SMILES string of the molecule is CCS(=O)CCNCC(O)COc1cccc(Br)c1. The van der Waals surface area contributed by atoms with E-state index >= 15 is 0 Å². The highest BCUT2D eigenvalue weighted by Crippen LogP contribution is 2.17. The van der Waals surface area contributed by atoms with Gasteiger partial charge < -0.3 is 15.2 Å². The molecule has 2 unspecified atom stereocenters. The summed E-state index contributed by atoms with van der Waals surface area (Å²) in [4.78, 5) is 0. The summed E-state index contributed by atoms with van der Waals surface area (Å²) in [6.45, 7) is 3.22. The van der Waals surface area contributed by atoms with Crippen LogP contribution in [0.15, 0.2) is 28.7 Å². The Labute approximate surface area is 125 Å². The van der Waals surface area contributed by atoms with Crippen molar-refractivity contribution in [3.63, 3.8) is 0 Å². The second kappa shape index (κ2) is 9.47. The second-order valence-corrected chi connectivity index (χ2v) is 6.84. The lowest BCUT2D eigenvalue weighted by Gasteiger charge is -2.13. The summed E-state index contributed by atoms with van der Waals surface area (Å²) in [6, 6.07) is 7.49. The summed E-state index contributed by atoms with van der Waals surface area (Å²) in [5.41, 5.74) is 0. The molecule has 0 aromatic heterocycles. The van der Waals surface area contributed by atoms with Crippen molar-refractivity contribution in [2.75, 3.05) is 31.2 Å². The van der Waals surface area contributed by atoms with Gasteiger partial charge in [0.2, 0.25) is 0 Å². The molecule has 108 valence electrons. The van der Waals surface area contributed by atoms with Gasteiger partial charge in [-0.2, -0.15) is 0 Å². The van der Waals surface area contributed by atoms with Gasteiger partial charge in [0.1, 0.15) is 18.5 Å². The predicted octanol–water partition coefficient (Wildman–Crippen LogP) is 1.55. The average Bonchev–Trinajstić information content (AvgIpc) is 2.41. The Bertz CT molecular complexity index is 403. The minimum atomic E-state index is -0.758. The zero-order valence-electron chi connectivity index (χ0n) is 11.0. The van der Waals surface area contributed by atoms with Crippen LogP contribution in [0.2, 0.25) is 0 Å². The van der Waals surface area contributed by atoms with Crippen molar-refractivity contribution in [2.24, 2.45) is 0 Å². The molecule has 1 aromatic rings. The molecule has 2 N–H and O–H groups in total. The van der Waals surface area contributed by atoms with Crippen LogP contribution in [0.25, 0.3) is 0 Å². The highest BCUT2D eigenvalue weighted by Gasteiger charge is 2.05. The van der Waals surface area contributed by atoms with Gasteiger partial charge >= 0.3 is 0 Å². The number of hydrogen-bond donors (Lipinski definition) is 2. The normalized spacial score (nSPS) is 14.1. The standard InChI is InChI=1S/C13H20BrNO3S/c1-2-19(17)7-6-15-9-12(16)10-18-13-5-3-4-11(14)8-13/h3-5,8,12,15-16H,2,6-7,9-10H2,1H3. The number of nitrogens with one attached hydrogen (secondary N) is 1. The van der Waals surface area contributed by atoms with Crippen LogP contribution in [-0.4, -0.2) is 46.6 Å². The van der Waals surface area contributed by atoms with E-state index in [-0.39, 0.29) is 6.61 Å². The molecule has 6 heteroatoms. The summed E-state index contributed by atoms with van der Waals surface area (Å²) < 4.78 is 17.6. The van der Waals surface area contributed by atoms with E-state index in [0.717, 1.165) is 10.2 Å². The highest BCUT2D eigenvalue weighted by atomic mass is 79.9. The third-order valence-electron chi connectivity index (χ3n) is 2.45. The summed E-state index contributed by atoms with van der Waals surface area (Å²) >= 11 is 3.36. The number of benzene rings is 1. The maximum atomic E-state index is 11.2. The van der Waals surface area contributed by atoms with Crippen molar-refractivity contribution < 1.29 is 14.1 Å². The van der Waals surface area contributed by atoms with Crippen LogP contribution >= 0.6 is 15.9 Å². The fourth-order valence-electron chi connectivity index (χ4n) is 1.41. The summed E-state index contributed by atoms with van der Waals surface area (Å²) in [6.07, 6.45) is -0.575. The van der Waals surface area contributed by atoms with Gasteiger partial charge in [-0.25, -0.2) is 0 Å². The Hall–Kier alpha value is -0.430. The molecule has 1 rings (SSSR count). The van der Waals surface area contributed by atoms with E-state index in [4.69, 9.17) is 4.74 Å². The average molecular weight is 350 g/mol. The number of rotatable bonds is 9. The molecule has 0 fully saturated rings. The Morgan fingerprint density at radius 2 is 2.32 bits per heavy atom. The first kappa shape index (κ1) is 16.6. The summed E-state index contributed by atoms with van der Waals surface area (Å²) in [7, 11) is -0.758. The molecule has 0 saturated heterocycles. The van der Waals surface area contributed by atoms with Crippen LogP contribution in [0.4, 0.5) is 0 Å². The van der Waals surface area contributed by atoms with Gasteiger partial charge in [0.25, 0.3) is 0 Å².